The molecule has 2 aromatic carbocycles. The Morgan fingerprint density at radius 3 is 2.18 bits per heavy atom. The Morgan fingerprint density at radius 1 is 1.00 bits per heavy atom. The van der Waals surface area contributed by atoms with E-state index < -0.39 is 18.0 Å². The number of carbonyl (C=O) groups excluding carboxylic acids is 2. The third kappa shape index (κ3) is 4.09. The second-order valence-corrected chi connectivity index (χ2v) is 4.90. The van der Waals surface area contributed by atoms with Gasteiger partial charge in [-0.3, -0.25) is 0 Å². The summed E-state index contributed by atoms with van der Waals surface area (Å²) in [7, 11) is 0. The summed E-state index contributed by atoms with van der Waals surface area (Å²) in [6.45, 7) is 3.38. The Kier molecular flexibility index (Phi) is 4.78. The lowest BCUT2D eigenvalue weighted by Gasteiger charge is -2.12. The molecule has 0 bridgehead atoms. The fourth-order valence-corrected chi connectivity index (χ4v) is 1.70. The van der Waals surface area contributed by atoms with Crippen molar-refractivity contribution in [2.75, 3.05) is 5.73 Å². The van der Waals surface area contributed by atoms with Crippen LogP contribution in [0.5, 0.6) is 5.75 Å². The number of nitrogen functional groups attached to an aromatic ring is 1. The third-order valence-electron chi connectivity index (χ3n) is 3.00. The summed E-state index contributed by atoms with van der Waals surface area (Å²) in [5.41, 5.74) is 7.54. The molecule has 0 amide bonds. The van der Waals surface area contributed by atoms with E-state index in [0.717, 1.165) is 5.56 Å². The van der Waals surface area contributed by atoms with Crippen molar-refractivity contribution < 1.29 is 19.1 Å². The first kappa shape index (κ1) is 15.6. The van der Waals surface area contributed by atoms with E-state index in [-0.39, 0.29) is 0 Å². The van der Waals surface area contributed by atoms with Crippen LogP contribution >= 0.6 is 0 Å². The maximum Gasteiger partial charge on any atom is 0.352 e. The van der Waals surface area contributed by atoms with Gasteiger partial charge in [0.05, 0.1) is 5.56 Å². The Labute approximate surface area is 128 Å². The minimum Gasteiger partial charge on any atom is -0.447 e. The molecule has 2 aromatic rings. The fourth-order valence-electron chi connectivity index (χ4n) is 1.70. The first-order chi connectivity index (χ1) is 10.5. The molecule has 0 saturated heterocycles. The number of benzene rings is 2. The van der Waals surface area contributed by atoms with Gasteiger partial charge in [0, 0.05) is 5.69 Å². The lowest BCUT2D eigenvalue weighted by Crippen LogP contribution is -2.28. The number of rotatable bonds is 4. The number of ether oxygens (including phenoxy) is 2. The monoisotopic (exact) mass is 299 g/mol. The molecule has 2 N–H and O–H groups in total. The van der Waals surface area contributed by atoms with Crippen LogP contribution in [0.3, 0.4) is 0 Å². The predicted octanol–water partition coefficient (Wildman–Crippen LogP) is 2.73. The van der Waals surface area contributed by atoms with Crippen molar-refractivity contribution in [2.24, 2.45) is 0 Å². The topological polar surface area (TPSA) is 78.6 Å². The maximum atomic E-state index is 11.9. The van der Waals surface area contributed by atoms with Crippen molar-refractivity contribution in [1.29, 1.82) is 0 Å². The van der Waals surface area contributed by atoms with Crippen LogP contribution in [-0.2, 0) is 9.53 Å². The number of carbonyl (C=O) groups is 2. The van der Waals surface area contributed by atoms with Gasteiger partial charge in [0.15, 0.2) is 6.10 Å². The second kappa shape index (κ2) is 6.76. The highest BCUT2D eigenvalue weighted by Gasteiger charge is 2.20. The molecule has 0 aliphatic heterocycles. The van der Waals surface area contributed by atoms with Gasteiger partial charge in [-0.1, -0.05) is 17.7 Å². The molecule has 0 spiro atoms. The summed E-state index contributed by atoms with van der Waals surface area (Å²) >= 11 is 0. The highest BCUT2D eigenvalue weighted by atomic mass is 16.6. The minimum absolute atomic E-state index is 0.345. The van der Waals surface area contributed by atoms with Crippen LogP contribution in [0.4, 0.5) is 5.69 Å². The summed E-state index contributed by atoms with van der Waals surface area (Å²) in [5.74, 6) is -0.871. The Bertz CT molecular complexity index is 662. The zero-order chi connectivity index (χ0) is 16.1. The number of hydrogen-bond donors (Lipinski definition) is 1. The molecule has 5 heteroatoms. The van der Waals surface area contributed by atoms with Crippen LogP contribution in [0.25, 0.3) is 0 Å². The smallest absolute Gasteiger partial charge is 0.352 e. The van der Waals surface area contributed by atoms with Gasteiger partial charge in [-0.25, -0.2) is 9.59 Å². The van der Waals surface area contributed by atoms with Gasteiger partial charge in [-0.15, -0.1) is 0 Å². The van der Waals surface area contributed by atoms with Gasteiger partial charge in [-0.2, -0.15) is 0 Å². The average Bonchev–Trinajstić information content (AvgIpc) is 2.50. The molecule has 5 nitrogen and oxygen atoms in total. The Hall–Kier alpha value is -2.82. The minimum atomic E-state index is -1.01. The summed E-state index contributed by atoms with van der Waals surface area (Å²) < 4.78 is 10.2. The molecule has 1 unspecified atom stereocenters. The molecule has 0 aliphatic carbocycles. The molecule has 0 saturated carbocycles. The van der Waals surface area contributed by atoms with E-state index in [1.165, 1.54) is 6.92 Å². The van der Waals surface area contributed by atoms with E-state index in [4.69, 9.17) is 15.2 Å². The average molecular weight is 299 g/mol. The summed E-state index contributed by atoms with van der Waals surface area (Å²) in [5, 5.41) is 0. The molecule has 0 aliphatic rings. The molecule has 114 valence electrons. The van der Waals surface area contributed by atoms with Gasteiger partial charge in [0.1, 0.15) is 5.75 Å². The third-order valence-corrected chi connectivity index (χ3v) is 3.00. The standard InChI is InChI=1S/C17H17NO4/c1-11-3-5-13(6-4-11)17(20)21-12(2)16(19)22-15-9-7-14(18)8-10-15/h3-10,12H,18H2,1-2H3. The molecule has 0 radical (unpaired) electrons. The van der Waals surface area contributed by atoms with E-state index in [1.54, 1.807) is 48.5 Å². The lowest BCUT2D eigenvalue weighted by molar-refractivity contribution is -0.143. The van der Waals surface area contributed by atoms with Crippen molar-refractivity contribution >= 4 is 17.6 Å². The van der Waals surface area contributed by atoms with Crippen molar-refractivity contribution in [3.8, 4) is 5.75 Å². The highest BCUT2D eigenvalue weighted by Crippen LogP contribution is 2.14. The van der Waals surface area contributed by atoms with E-state index in [9.17, 15) is 9.59 Å². The first-order valence-corrected chi connectivity index (χ1v) is 6.80. The molecule has 1 atom stereocenters. The van der Waals surface area contributed by atoms with E-state index in [1.807, 2.05) is 6.92 Å². The van der Waals surface area contributed by atoms with Gasteiger partial charge in [-0.05, 0) is 50.2 Å². The molecule has 2 rings (SSSR count). The largest absolute Gasteiger partial charge is 0.447 e. The van der Waals surface area contributed by atoms with E-state index in [0.29, 0.717) is 17.0 Å². The number of hydrogen-bond acceptors (Lipinski definition) is 5. The number of anilines is 1. The number of aryl methyl sites for hydroxylation is 1. The van der Waals surface area contributed by atoms with Crippen LogP contribution in [-0.4, -0.2) is 18.0 Å². The Balaban J connectivity index is 1.94. The molecular formula is C17H17NO4. The van der Waals surface area contributed by atoms with Crippen molar-refractivity contribution in [3.63, 3.8) is 0 Å². The zero-order valence-electron chi connectivity index (χ0n) is 12.4. The Morgan fingerprint density at radius 2 is 1.59 bits per heavy atom. The van der Waals surface area contributed by atoms with Crippen LogP contribution in [0.15, 0.2) is 48.5 Å². The van der Waals surface area contributed by atoms with Crippen molar-refractivity contribution in [2.45, 2.75) is 20.0 Å². The summed E-state index contributed by atoms with van der Waals surface area (Å²) in [6, 6.07) is 13.3. The van der Waals surface area contributed by atoms with Gasteiger partial charge >= 0.3 is 11.9 Å². The fraction of sp³-hybridized carbons (Fsp3) is 0.176. The molecule has 0 aromatic heterocycles. The van der Waals surface area contributed by atoms with Crippen molar-refractivity contribution in [3.05, 3.63) is 59.7 Å². The second-order valence-electron chi connectivity index (χ2n) is 4.90. The van der Waals surface area contributed by atoms with Crippen LogP contribution in [0.1, 0.15) is 22.8 Å². The normalized spacial score (nSPS) is 11.5. The van der Waals surface area contributed by atoms with Gasteiger partial charge in [0.25, 0.3) is 0 Å². The van der Waals surface area contributed by atoms with Gasteiger partial charge < -0.3 is 15.2 Å². The SMILES string of the molecule is Cc1ccc(C(=O)OC(C)C(=O)Oc2ccc(N)cc2)cc1. The molecular weight excluding hydrogens is 282 g/mol. The van der Waals surface area contributed by atoms with Crippen LogP contribution in [0.2, 0.25) is 0 Å². The van der Waals surface area contributed by atoms with E-state index in [2.05, 4.69) is 0 Å². The summed E-state index contributed by atoms with van der Waals surface area (Å²) in [6.07, 6.45) is -1.01. The molecule has 0 fully saturated rings. The number of nitrogens with two attached hydrogens (primary N) is 1. The lowest BCUT2D eigenvalue weighted by atomic mass is 10.1. The van der Waals surface area contributed by atoms with Gasteiger partial charge in [0.2, 0.25) is 0 Å². The predicted molar refractivity (Wildman–Crippen MR) is 82.5 cm³/mol. The van der Waals surface area contributed by atoms with E-state index >= 15 is 0 Å². The van der Waals surface area contributed by atoms with Crippen LogP contribution in [0, 0.1) is 6.92 Å². The zero-order valence-corrected chi connectivity index (χ0v) is 12.4. The molecule has 22 heavy (non-hydrogen) atoms. The highest BCUT2D eigenvalue weighted by molar-refractivity contribution is 5.91. The maximum absolute atomic E-state index is 11.9. The summed E-state index contributed by atoms with van der Waals surface area (Å²) in [4.78, 5) is 23.8. The quantitative estimate of drug-likeness (QED) is 0.533. The van der Waals surface area contributed by atoms with Crippen LogP contribution < -0.4 is 10.5 Å². The molecule has 0 heterocycles. The number of esters is 2. The van der Waals surface area contributed by atoms with Crippen molar-refractivity contribution in [1.82, 2.24) is 0 Å². The first-order valence-electron chi connectivity index (χ1n) is 6.80.